The van der Waals surface area contributed by atoms with E-state index in [1.165, 1.54) is 18.2 Å². The van der Waals surface area contributed by atoms with Gasteiger partial charge < -0.3 is 25.4 Å². The number of aliphatic hydroxyl groups excluding tert-OH is 3. The van der Waals surface area contributed by atoms with Gasteiger partial charge in [0.05, 0.1) is 11.0 Å². The standard InChI is InChI=1S/C12H16N2O6/c1-6-9(15)10(16)11(17)12(20-6)13-7-3-2-4-8(5-7)14(18)19/h2-6,9-13,15-17H,1H3/t6-,9+,10-,11-,12+/m0/s1. The number of nitro groups is 1. The Labute approximate surface area is 114 Å². The topological polar surface area (TPSA) is 125 Å². The molecule has 5 atom stereocenters. The van der Waals surface area contributed by atoms with Gasteiger partial charge in [0.15, 0.2) is 6.23 Å². The van der Waals surface area contributed by atoms with Gasteiger partial charge in [-0.3, -0.25) is 10.1 Å². The second kappa shape index (κ2) is 5.71. The minimum absolute atomic E-state index is 0.103. The lowest BCUT2D eigenvalue weighted by molar-refractivity contribution is -0.384. The van der Waals surface area contributed by atoms with E-state index in [2.05, 4.69) is 5.32 Å². The van der Waals surface area contributed by atoms with Crippen LogP contribution in [0.25, 0.3) is 0 Å². The first-order valence-corrected chi connectivity index (χ1v) is 6.11. The van der Waals surface area contributed by atoms with E-state index >= 15 is 0 Å². The van der Waals surface area contributed by atoms with Crippen molar-refractivity contribution in [3.63, 3.8) is 0 Å². The first kappa shape index (κ1) is 14.7. The summed E-state index contributed by atoms with van der Waals surface area (Å²) in [5.41, 5.74) is 0.271. The molecule has 2 rings (SSSR count). The van der Waals surface area contributed by atoms with Crippen LogP contribution >= 0.6 is 0 Å². The molecule has 0 spiro atoms. The van der Waals surface area contributed by atoms with Crippen LogP contribution in [-0.4, -0.2) is 50.9 Å². The van der Waals surface area contributed by atoms with E-state index in [0.717, 1.165) is 0 Å². The molecule has 1 heterocycles. The van der Waals surface area contributed by atoms with Crippen molar-refractivity contribution in [1.29, 1.82) is 0 Å². The van der Waals surface area contributed by atoms with Crippen LogP contribution in [0.3, 0.4) is 0 Å². The molecule has 8 nitrogen and oxygen atoms in total. The van der Waals surface area contributed by atoms with Gasteiger partial charge in [0.25, 0.3) is 5.69 Å². The highest BCUT2D eigenvalue weighted by Gasteiger charge is 2.41. The minimum atomic E-state index is -1.35. The fourth-order valence-electron chi connectivity index (χ4n) is 2.04. The maximum atomic E-state index is 10.7. The first-order chi connectivity index (χ1) is 9.40. The molecule has 0 amide bonds. The summed E-state index contributed by atoms with van der Waals surface area (Å²) in [4.78, 5) is 10.1. The van der Waals surface area contributed by atoms with E-state index in [0.29, 0.717) is 5.69 Å². The zero-order chi connectivity index (χ0) is 14.9. The number of hydrogen-bond donors (Lipinski definition) is 4. The van der Waals surface area contributed by atoms with E-state index in [4.69, 9.17) is 4.74 Å². The van der Waals surface area contributed by atoms with E-state index in [-0.39, 0.29) is 5.69 Å². The molecule has 1 saturated heterocycles. The van der Waals surface area contributed by atoms with E-state index in [1.807, 2.05) is 0 Å². The first-order valence-electron chi connectivity index (χ1n) is 6.11. The molecule has 20 heavy (non-hydrogen) atoms. The Morgan fingerprint density at radius 1 is 1.25 bits per heavy atom. The number of anilines is 1. The van der Waals surface area contributed by atoms with Crippen LogP contribution in [0.1, 0.15) is 6.92 Å². The van der Waals surface area contributed by atoms with Crippen LogP contribution in [0.5, 0.6) is 0 Å². The van der Waals surface area contributed by atoms with Gasteiger partial charge in [-0.1, -0.05) is 6.07 Å². The molecule has 4 N–H and O–H groups in total. The third-order valence-corrected chi connectivity index (χ3v) is 3.22. The van der Waals surface area contributed by atoms with Gasteiger partial charge in [-0.25, -0.2) is 0 Å². The molecule has 1 aromatic carbocycles. The van der Waals surface area contributed by atoms with Gasteiger partial charge in [-0.15, -0.1) is 0 Å². The molecule has 110 valence electrons. The van der Waals surface area contributed by atoms with Crippen molar-refractivity contribution in [1.82, 2.24) is 0 Å². The van der Waals surface area contributed by atoms with Crippen LogP contribution in [0.4, 0.5) is 11.4 Å². The summed E-state index contributed by atoms with van der Waals surface area (Å²) in [6.07, 6.45) is -5.53. The molecular weight excluding hydrogens is 268 g/mol. The zero-order valence-electron chi connectivity index (χ0n) is 10.7. The Morgan fingerprint density at radius 2 is 1.95 bits per heavy atom. The van der Waals surface area contributed by atoms with Gasteiger partial charge in [0.1, 0.15) is 18.3 Å². The van der Waals surface area contributed by atoms with Crippen molar-refractivity contribution < 1.29 is 25.0 Å². The van der Waals surface area contributed by atoms with Gasteiger partial charge in [0.2, 0.25) is 0 Å². The number of benzene rings is 1. The number of nitrogens with zero attached hydrogens (tertiary/aromatic N) is 1. The summed E-state index contributed by atoms with van der Waals surface area (Å²) in [6, 6.07) is 5.69. The maximum Gasteiger partial charge on any atom is 0.271 e. The third-order valence-electron chi connectivity index (χ3n) is 3.22. The number of hydrogen-bond acceptors (Lipinski definition) is 7. The number of ether oxygens (including phenoxy) is 1. The lowest BCUT2D eigenvalue weighted by Gasteiger charge is -2.39. The Balaban J connectivity index is 2.13. The van der Waals surface area contributed by atoms with Crippen LogP contribution < -0.4 is 5.32 Å². The number of aliphatic hydroxyl groups is 3. The van der Waals surface area contributed by atoms with Crippen LogP contribution in [0.15, 0.2) is 24.3 Å². The summed E-state index contributed by atoms with van der Waals surface area (Å²) in [6.45, 7) is 1.56. The Bertz CT molecular complexity index is 497. The Hall–Kier alpha value is -1.74. The lowest BCUT2D eigenvalue weighted by Crippen LogP contribution is -2.58. The monoisotopic (exact) mass is 284 g/mol. The molecule has 0 unspecified atom stereocenters. The second-order valence-corrected chi connectivity index (χ2v) is 4.69. The average Bonchev–Trinajstić information content (AvgIpc) is 2.42. The fourth-order valence-corrected chi connectivity index (χ4v) is 2.04. The van der Waals surface area contributed by atoms with Gasteiger partial charge in [-0.2, -0.15) is 0 Å². The van der Waals surface area contributed by atoms with Gasteiger partial charge in [0, 0.05) is 17.8 Å². The summed E-state index contributed by atoms with van der Waals surface area (Å²) < 4.78 is 5.34. The molecule has 0 aliphatic carbocycles. The highest BCUT2D eigenvalue weighted by Crippen LogP contribution is 2.24. The predicted molar refractivity (Wildman–Crippen MR) is 69.1 cm³/mol. The van der Waals surface area contributed by atoms with Crippen molar-refractivity contribution in [2.45, 2.75) is 37.6 Å². The number of nitro benzene ring substituents is 1. The maximum absolute atomic E-state index is 10.7. The van der Waals surface area contributed by atoms with Crippen molar-refractivity contribution in [2.75, 3.05) is 5.32 Å². The van der Waals surface area contributed by atoms with Crippen molar-refractivity contribution >= 4 is 11.4 Å². The zero-order valence-corrected chi connectivity index (χ0v) is 10.7. The highest BCUT2D eigenvalue weighted by atomic mass is 16.6. The molecule has 1 aliphatic heterocycles. The third kappa shape index (κ3) is 2.88. The predicted octanol–water partition coefficient (Wildman–Crippen LogP) is -0.166. The molecule has 0 aromatic heterocycles. The van der Waals surface area contributed by atoms with Crippen LogP contribution in [0.2, 0.25) is 0 Å². The number of rotatable bonds is 3. The average molecular weight is 284 g/mol. The van der Waals surface area contributed by atoms with Crippen molar-refractivity contribution in [3.8, 4) is 0 Å². The van der Waals surface area contributed by atoms with E-state index < -0.39 is 35.6 Å². The second-order valence-electron chi connectivity index (χ2n) is 4.69. The van der Waals surface area contributed by atoms with Crippen LogP contribution in [-0.2, 0) is 4.74 Å². The smallest absolute Gasteiger partial charge is 0.271 e. The largest absolute Gasteiger partial charge is 0.388 e. The summed E-state index contributed by atoms with van der Waals surface area (Å²) >= 11 is 0. The summed E-state index contributed by atoms with van der Waals surface area (Å²) in [5, 5.41) is 42.5. The molecule has 0 saturated carbocycles. The molecule has 8 heteroatoms. The molecular formula is C12H16N2O6. The fraction of sp³-hybridized carbons (Fsp3) is 0.500. The molecule has 0 bridgehead atoms. The van der Waals surface area contributed by atoms with Crippen LogP contribution in [0, 0.1) is 10.1 Å². The molecule has 1 fully saturated rings. The lowest BCUT2D eigenvalue weighted by atomic mass is 9.99. The number of nitrogens with one attached hydrogen (secondary N) is 1. The van der Waals surface area contributed by atoms with Gasteiger partial charge in [-0.05, 0) is 13.0 Å². The van der Waals surface area contributed by atoms with Crippen molar-refractivity contribution in [3.05, 3.63) is 34.4 Å². The highest BCUT2D eigenvalue weighted by molar-refractivity contribution is 5.51. The Morgan fingerprint density at radius 3 is 2.60 bits per heavy atom. The van der Waals surface area contributed by atoms with E-state index in [1.54, 1.807) is 13.0 Å². The summed E-state index contributed by atoms with van der Waals surface area (Å²) in [7, 11) is 0. The van der Waals surface area contributed by atoms with Gasteiger partial charge >= 0.3 is 0 Å². The normalized spacial score (nSPS) is 33.7. The summed E-state index contributed by atoms with van der Waals surface area (Å²) in [5.74, 6) is 0. The van der Waals surface area contributed by atoms with Crippen molar-refractivity contribution in [2.24, 2.45) is 0 Å². The quantitative estimate of drug-likeness (QED) is 0.448. The molecule has 0 radical (unpaired) electrons. The minimum Gasteiger partial charge on any atom is -0.388 e. The SMILES string of the molecule is C[C@@H]1O[C@@H](Nc2cccc([N+](=O)[O-])c2)[C@@H](O)[C@@H](O)[C@@H]1O. The molecule has 1 aliphatic rings. The Kier molecular flexibility index (Phi) is 4.19. The van der Waals surface area contributed by atoms with E-state index in [9.17, 15) is 25.4 Å². The molecule has 1 aromatic rings. The number of non-ortho nitro benzene ring substituents is 1.